The number of fused-ring (bicyclic) bond motifs is 1. The molecule has 0 unspecified atom stereocenters. The number of hydrogen-bond acceptors (Lipinski definition) is 2. The number of benzene rings is 1. The molecule has 0 bridgehead atoms. The van der Waals surface area contributed by atoms with Crippen molar-refractivity contribution >= 4 is 16.7 Å². The van der Waals surface area contributed by atoms with Gasteiger partial charge in [-0.1, -0.05) is 0 Å². The van der Waals surface area contributed by atoms with Gasteiger partial charge in [0.2, 0.25) is 5.82 Å². The molecule has 1 aromatic carbocycles. The van der Waals surface area contributed by atoms with E-state index < -0.39 is 12.0 Å². The van der Waals surface area contributed by atoms with Crippen LogP contribution < -0.4 is 5.73 Å². The van der Waals surface area contributed by atoms with Crippen LogP contribution in [0.4, 0.5) is 18.9 Å². The number of aryl methyl sites for hydroxylation is 1. The molecule has 0 aliphatic heterocycles. The molecule has 0 atom stereocenters. The van der Waals surface area contributed by atoms with Gasteiger partial charge in [-0.2, -0.15) is 13.2 Å². The minimum Gasteiger partial charge on any atom is -0.399 e. The molecule has 2 aromatic rings. The number of halogens is 3. The highest BCUT2D eigenvalue weighted by molar-refractivity contribution is 5.79. The molecular formula is C9H8F3N3. The second kappa shape index (κ2) is 2.88. The summed E-state index contributed by atoms with van der Waals surface area (Å²) < 4.78 is 38.4. The molecule has 0 aliphatic rings. The zero-order chi connectivity index (χ0) is 11.2. The number of rotatable bonds is 0. The number of hydrogen-bond donors (Lipinski definition) is 1. The van der Waals surface area contributed by atoms with Crippen LogP contribution in [0.3, 0.4) is 0 Å². The predicted octanol–water partition coefficient (Wildman–Crippen LogP) is 2.17. The summed E-state index contributed by atoms with van der Waals surface area (Å²) in [6.45, 7) is 0. The maximum atomic E-state index is 12.5. The van der Waals surface area contributed by atoms with Crippen molar-refractivity contribution < 1.29 is 13.2 Å². The molecule has 1 heterocycles. The van der Waals surface area contributed by atoms with Crippen molar-refractivity contribution in [3.63, 3.8) is 0 Å². The molecule has 2 rings (SSSR count). The van der Waals surface area contributed by atoms with Crippen molar-refractivity contribution in [3.8, 4) is 0 Å². The van der Waals surface area contributed by atoms with Gasteiger partial charge in [0.25, 0.3) is 0 Å². The number of nitrogens with zero attached hydrogens (tertiary/aromatic N) is 2. The van der Waals surface area contributed by atoms with Gasteiger partial charge in [0.1, 0.15) is 0 Å². The van der Waals surface area contributed by atoms with Gasteiger partial charge < -0.3 is 10.3 Å². The molecule has 0 spiro atoms. The predicted molar refractivity (Wildman–Crippen MR) is 50.1 cm³/mol. The van der Waals surface area contributed by atoms with E-state index in [4.69, 9.17) is 5.73 Å². The summed E-state index contributed by atoms with van der Waals surface area (Å²) in [6.07, 6.45) is -4.44. The number of imidazole rings is 1. The Balaban J connectivity index is 2.75. The molecular weight excluding hydrogens is 207 g/mol. The molecule has 0 fully saturated rings. The monoisotopic (exact) mass is 215 g/mol. The quantitative estimate of drug-likeness (QED) is 0.684. The van der Waals surface area contributed by atoms with E-state index in [-0.39, 0.29) is 5.52 Å². The number of nitrogens with two attached hydrogens (primary N) is 1. The SMILES string of the molecule is Cn1c(C(F)(F)F)nc2cc(N)ccc21. The van der Waals surface area contributed by atoms with Crippen molar-refractivity contribution in [3.05, 3.63) is 24.0 Å². The van der Waals surface area contributed by atoms with Gasteiger partial charge in [0.15, 0.2) is 0 Å². The third-order valence-corrected chi connectivity index (χ3v) is 2.16. The first-order valence-corrected chi connectivity index (χ1v) is 4.19. The fourth-order valence-corrected chi connectivity index (χ4v) is 1.47. The summed E-state index contributed by atoms with van der Waals surface area (Å²) in [6, 6.07) is 4.49. The van der Waals surface area contributed by atoms with E-state index in [2.05, 4.69) is 4.98 Å². The van der Waals surface area contributed by atoms with Crippen LogP contribution in [0, 0.1) is 0 Å². The molecule has 0 radical (unpaired) electrons. The van der Waals surface area contributed by atoms with Crippen LogP contribution in [0.25, 0.3) is 11.0 Å². The topological polar surface area (TPSA) is 43.8 Å². The van der Waals surface area contributed by atoms with Crippen LogP contribution >= 0.6 is 0 Å². The average Bonchev–Trinajstić information content (AvgIpc) is 2.42. The molecule has 80 valence electrons. The first-order chi connectivity index (χ1) is 6.89. The zero-order valence-electron chi connectivity index (χ0n) is 7.84. The molecule has 3 nitrogen and oxygen atoms in total. The Morgan fingerprint density at radius 2 is 2.00 bits per heavy atom. The Morgan fingerprint density at radius 3 is 2.60 bits per heavy atom. The average molecular weight is 215 g/mol. The summed E-state index contributed by atoms with van der Waals surface area (Å²) in [5.74, 6) is -0.914. The number of aromatic nitrogens is 2. The molecule has 0 amide bonds. The summed E-state index contributed by atoms with van der Waals surface area (Å²) in [5.41, 5.74) is 6.53. The van der Waals surface area contributed by atoms with Crippen LogP contribution in [0.5, 0.6) is 0 Å². The Hall–Kier alpha value is -1.72. The summed E-state index contributed by atoms with van der Waals surface area (Å²) in [5, 5.41) is 0. The fraction of sp³-hybridized carbons (Fsp3) is 0.222. The molecule has 0 saturated heterocycles. The third-order valence-electron chi connectivity index (χ3n) is 2.16. The lowest BCUT2D eigenvalue weighted by atomic mass is 10.3. The van der Waals surface area contributed by atoms with Gasteiger partial charge in [-0.15, -0.1) is 0 Å². The van der Waals surface area contributed by atoms with Crippen LogP contribution in [0.1, 0.15) is 5.82 Å². The first kappa shape index (κ1) is 9.82. The highest BCUT2D eigenvalue weighted by atomic mass is 19.4. The second-order valence-electron chi connectivity index (χ2n) is 3.24. The van der Waals surface area contributed by atoms with Crippen molar-refractivity contribution in [1.29, 1.82) is 0 Å². The van der Waals surface area contributed by atoms with E-state index in [0.29, 0.717) is 11.2 Å². The summed E-state index contributed by atoms with van der Waals surface area (Å²) in [4.78, 5) is 3.50. The lowest BCUT2D eigenvalue weighted by Gasteiger charge is -2.05. The van der Waals surface area contributed by atoms with Crippen LogP contribution in [0.2, 0.25) is 0 Å². The summed E-state index contributed by atoms with van der Waals surface area (Å²) >= 11 is 0. The molecule has 6 heteroatoms. The molecule has 0 saturated carbocycles. The summed E-state index contributed by atoms with van der Waals surface area (Å²) in [7, 11) is 1.33. The Labute approximate surface area is 83.3 Å². The number of anilines is 1. The van der Waals surface area contributed by atoms with Gasteiger partial charge in [0, 0.05) is 12.7 Å². The van der Waals surface area contributed by atoms with Crippen LogP contribution in [-0.4, -0.2) is 9.55 Å². The molecule has 15 heavy (non-hydrogen) atoms. The van der Waals surface area contributed by atoms with Crippen molar-refractivity contribution in [1.82, 2.24) is 9.55 Å². The Morgan fingerprint density at radius 1 is 1.33 bits per heavy atom. The van der Waals surface area contributed by atoms with Gasteiger partial charge >= 0.3 is 6.18 Å². The lowest BCUT2D eigenvalue weighted by Crippen LogP contribution is -2.12. The third kappa shape index (κ3) is 1.51. The fourth-order valence-electron chi connectivity index (χ4n) is 1.47. The van der Waals surface area contributed by atoms with E-state index in [0.717, 1.165) is 4.57 Å². The van der Waals surface area contributed by atoms with Gasteiger partial charge in [-0.25, -0.2) is 4.98 Å². The van der Waals surface area contributed by atoms with E-state index >= 15 is 0 Å². The maximum absolute atomic E-state index is 12.5. The highest BCUT2D eigenvalue weighted by Crippen LogP contribution is 2.30. The largest absolute Gasteiger partial charge is 0.449 e. The van der Waals surface area contributed by atoms with E-state index in [1.54, 1.807) is 6.07 Å². The first-order valence-electron chi connectivity index (χ1n) is 4.19. The smallest absolute Gasteiger partial charge is 0.399 e. The van der Waals surface area contributed by atoms with E-state index in [1.165, 1.54) is 19.2 Å². The normalized spacial score (nSPS) is 12.3. The molecule has 0 aliphatic carbocycles. The maximum Gasteiger partial charge on any atom is 0.449 e. The number of alkyl halides is 3. The minimum atomic E-state index is -4.44. The van der Waals surface area contributed by atoms with Gasteiger partial charge in [-0.05, 0) is 18.2 Å². The van der Waals surface area contributed by atoms with Crippen LogP contribution in [0.15, 0.2) is 18.2 Å². The second-order valence-corrected chi connectivity index (χ2v) is 3.24. The zero-order valence-corrected chi connectivity index (χ0v) is 7.84. The van der Waals surface area contributed by atoms with Crippen LogP contribution in [-0.2, 0) is 13.2 Å². The van der Waals surface area contributed by atoms with Crippen molar-refractivity contribution in [2.45, 2.75) is 6.18 Å². The lowest BCUT2D eigenvalue weighted by molar-refractivity contribution is -0.146. The number of nitrogen functional groups attached to an aromatic ring is 1. The Kier molecular flexibility index (Phi) is 1.89. The molecule has 1 aromatic heterocycles. The van der Waals surface area contributed by atoms with Crippen molar-refractivity contribution in [2.75, 3.05) is 5.73 Å². The Bertz CT molecular complexity index is 513. The highest BCUT2D eigenvalue weighted by Gasteiger charge is 2.36. The van der Waals surface area contributed by atoms with E-state index in [1.807, 2.05) is 0 Å². The van der Waals surface area contributed by atoms with Gasteiger partial charge in [0.05, 0.1) is 11.0 Å². The van der Waals surface area contributed by atoms with Crippen molar-refractivity contribution in [2.24, 2.45) is 7.05 Å². The van der Waals surface area contributed by atoms with E-state index in [9.17, 15) is 13.2 Å². The standard InChI is InChI=1S/C9H8F3N3/c1-15-7-3-2-5(13)4-6(7)14-8(15)9(10,11)12/h2-4H,13H2,1H3. The van der Waals surface area contributed by atoms with Gasteiger partial charge in [-0.3, -0.25) is 0 Å². The minimum absolute atomic E-state index is 0.254. The molecule has 2 N–H and O–H groups in total.